The summed E-state index contributed by atoms with van der Waals surface area (Å²) in [6.07, 6.45) is 3.27. The highest BCUT2D eigenvalue weighted by atomic mass is 32.1. The molecule has 3 aromatic rings. The van der Waals surface area contributed by atoms with E-state index in [0.717, 1.165) is 24.5 Å². The fourth-order valence-corrected chi connectivity index (χ4v) is 4.46. The van der Waals surface area contributed by atoms with E-state index in [2.05, 4.69) is 51.3 Å². The molecule has 24 heavy (non-hydrogen) atoms. The van der Waals surface area contributed by atoms with Crippen molar-refractivity contribution in [2.45, 2.75) is 46.3 Å². The fourth-order valence-electron chi connectivity index (χ4n) is 3.31. The molecule has 0 radical (unpaired) electrons. The van der Waals surface area contributed by atoms with Crippen LogP contribution in [0.3, 0.4) is 0 Å². The minimum Gasteiger partial charge on any atom is -0.369 e. The van der Waals surface area contributed by atoms with E-state index in [1.54, 1.807) is 11.3 Å². The van der Waals surface area contributed by atoms with Crippen LogP contribution in [0.2, 0.25) is 0 Å². The fraction of sp³-hybridized carbons (Fsp3) is 0.368. The smallest absolute Gasteiger partial charge is 0.164 e. The molecule has 0 saturated carbocycles. The molecule has 1 aliphatic heterocycles. The maximum atomic E-state index is 5.84. The molecule has 4 rings (SSSR count). The molecule has 0 unspecified atom stereocenters. The Morgan fingerprint density at radius 3 is 2.96 bits per heavy atom. The maximum Gasteiger partial charge on any atom is 0.164 e. The van der Waals surface area contributed by atoms with Crippen LogP contribution in [0, 0.1) is 6.92 Å². The van der Waals surface area contributed by atoms with Crippen LogP contribution in [0.25, 0.3) is 5.00 Å². The summed E-state index contributed by atoms with van der Waals surface area (Å²) in [5.74, 6) is 1.82. The lowest BCUT2D eigenvalue weighted by molar-refractivity contribution is 0.104. The molecule has 4 nitrogen and oxygen atoms in total. The molecule has 0 fully saturated rings. The van der Waals surface area contributed by atoms with Gasteiger partial charge in [0, 0.05) is 5.56 Å². The predicted octanol–water partition coefficient (Wildman–Crippen LogP) is 4.21. The Morgan fingerprint density at radius 2 is 2.08 bits per heavy atom. The number of hydrogen-bond donors (Lipinski definition) is 0. The van der Waals surface area contributed by atoms with E-state index in [0.29, 0.717) is 13.2 Å². The molecule has 3 heterocycles. The Labute approximate surface area is 146 Å². The van der Waals surface area contributed by atoms with Crippen molar-refractivity contribution in [3.05, 3.63) is 63.5 Å². The van der Waals surface area contributed by atoms with E-state index in [1.165, 1.54) is 33.7 Å². The third-order valence-corrected chi connectivity index (χ3v) is 5.51. The zero-order chi connectivity index (χ0) is 16.5. The lowest BCUT2D eigenvalue weighted by Crippen LogP contribution is -2.00. The molecule has 124 valence electrons. The predicted molar refractivity (Wildman–Crippen MR) is 95.7 cm³/mol. The van der Waals surface area contributed by atoms with Gasteiger partial charge in [0.05, 0.1) is 6.61 Å². The first-order valence-corrected chi connectivity index (χ1v) is 9.30. The average molecular weight is 339 g/mol. The maximum absolute atomic E-state index is 5.84. The second kappa shape index (κ2) is 6.49. The molecule has 0 bridgehead atoms. The van der Waals surface area contributed by atoms with Crippen LogP contribution in [0.4, 0.5) is 0 Å². The normalized spacial score (nSPS) is 13.4. The molecule has 0 amide bonds. The number of aryl methyl sites for hydroxylation is 2. The third kappa shape index (κ3) is 2.78. The number of nitrogens with zero attached hydrogens (tertiary/aromatic N) is 3. The van der Waals surface area contributed by atoms with Crippen LogP contribution >= 0.6 is 11.3 Å². The number of thiophene rings is 1. The van der Waals surface area contributed by atoms with Crippen LogP contribution < -0.4 is 0 Å². The Morgan fingerprint density at radius 1 is 1.21 bits per heavy atom. The van der Waals surface area contributed by atoms with Crippen molar-refractivity contribution >= 4 is 11.3 Å². The first kappa shape index (κ1) is 15.5. The van der Waals surface area contributed by atoms with Gasteiger partial charge in [0.25, 0.3) is 0 Å². The van der Waals surface area contributed by atoms with Gasteiger partial charge >= 0.3 is 0 Å². The Bertz CT molecular complexity index is 865. The summed E-state index contributed by atoms with van der Waals surface area (Å²) in [5.41, 5.74) is 5.42. The second-order valence-corrected chi connectivity index (χ2v) is 7.14. The van der Waals surface area contributed by atoms with E-state index in [4.69, 9.17) is 4.74 Å². The zero-order valence-corrected chi connectivity index (χ0v) is 14.9. The number of aromatic nitrogens is 3. The molecular weight excluding hydrogens is 318 g/mol. The number of hydrogen-bond acceptors (Lipinski definition) is 4. The molecule has 5 heteroatoms. The first-order valence-electron chi connectivity index (χ1n) is 8.42. The van der Waals surface area contributed by atoms with Crippen molar-refractivity contribution in [3.8, 4) is 5.00 Å². The van der Waals surface area contributed by atoms with Gasteiger partial charge in [-0.15, -0.1) is 21.5 Å². The van der Waals surface area contributed by atoms with Crippen molar-refractivity contribution < 1.29 is 4.74 Å². The van der Waals surface area contributed by atoms with Gasteiger partial charge in [-0.05, 0) is 41.8 Å². The molecule has 2 aromatic heterocycles. The van der Waals surface area contributed by atoms with Crippen LogP contribution in [-0.4, -0.2) is 14.8 Å². The average Bonchev–Trinajstić information content (AvgIpc) is 3.06. The van der Waals surface area contributed by atoms with Crippen LogP contribution in [0.15, 0.2) is 29.6 Å². The minimum atomic E-state index is 0.521. The van der Waals surface area contributed by atoms with Crippen molar-refractivity contribution in [1.29, 1.82) is 0 Å². The summed E-state index contributed by atoms with van der Waals surface area (Å²) in [4.78, 5) is 0. The van der Waals surface area contributed by atoms with Crippen molar-refractivity contribution in [1.82, 2.24) is 14.8 Å². The largest absolute Gasteiger partial charge is 0.369 e. The molecule has 1 aliphatic rings. The highest BCUT2D eigenvalue weighted by Gasteiger charge is 2.22. The van der Waals surface area contributed by atoms with E-state index < -0.39 is 0 Å². The second-order valence-electron chi connectivity index (χ2n) is 6.28. The summed E-state index contributed by atoms with van der Waals surface area (Å²) >= 11 is 1.76. The van der Waals surface area contributed by atoms with Gasteiger partial charge in [-0.25, -0.2) is 0 Å². The van der Waals surface area contributed by atoms with Crippen molar-refractivity contribution in [3.63, 3.8) is 0 Å². The Balaban J connectivity index is 1.69. The summed E-state index contributed by atoms with van der Waals surface area (Å²) < 4.78 is 7.99. The molecule has 0 aliphatic carbocycles. The van der Waals surface area contributed by atoms with Crippen molar-refractivity contribution in [2.24, 2.45) is 0 Å². The van der Waals surface area contributed by atoms with Crippen molar-refractivity contribution in [2.75, 3.05) is 0 Å². The molecule has 0 saturated heterocycles. The van der Waals surface area contributed by atoms with Gasteiger partial charge in [-0.3, -0.25) is 4.57 Å². The van der Waals surface area contributed by atoms with Gasteiger partial charge in [0.1, 0.15) is 17.4 Å². The lowest BCUT2D eigenvalue weighted by Gasteiger charge is -2.07. The standard InChI is InChI=1S/C19H21N3OS/c1-3-5-14-6-4-7-15(8-14)9-16-12-24-19-17(16)10-23-11-18-21-20-13(2)22(18)19/h4,6-8,12H,3,5,9-11H2,1-2H3. The zero-order valence-electron chi connectivity index (χ0n) is 14.1. The Kier molecular flexibility index (Phi) is 4.21. The number of benzene rings is 1. The SMILES string of the molecule is CCCc1cccc(Cc2csc3c2COCc2nnc(C)n2-3)c1. The van der Waals surface area contributed by atoms with E-state index >= 15 is 0 Å². The summed E-state index contributed by atoms with van der Waals surface area (Å²) in [6.45, 7) is 5.39. The lowest BCUT2D eigenvalue weighted by atomic mass is 10.0. The van der Waals surface area contributed by atoms with Crippen LogP contribution in [0.5, 0.6) is 0 Å². The van der Waals surface area contributed by atoms with E-state index in [-0.39, 0.29) is 0 Å². The molecule has 1 aromatic carbocycles. The number of ether oxygens (including phenoxy) is 1. The summed E-state index contributed by atoms with van der Waals surface area (Å²) in [6, 6.07) is 8.94. The van der Waals surface area contributed by atoms with Gasteiger partial charge < -0.3 is 4.74 Å². The molecule has 0 N–H and O–H groups in total. The van der Waals surface area contributed by atoms with E-state index in [9.17, 15) is 0 Å². The van der Waals surface area contributed by atoms with Gasteiger partial charge in [-0.1, -0.05) is 37.6 Å². The van der Waals surface area contributed by atoms with Crippen LogP contribution in [0.1, 0.15) is 47.2 Å². The molecule has 0 spiro atoms. The van der Waals surface area contributed by atoms with E-state index in [1.807, 2.05) is 6.92 Å². The molecular formula is C19H21N3OS. The van der Waals surface area contributed by atoms with Gasteiger partial charge in [-0.2, -0.15) is 0 Å². The molecule has 0 atom stereocenters. The quantitative estimate of drug-likeness (QED) is 0.715. The third-order valence-electron chi connectivity index (χ3n) is 4.46. The monoisotopic (exact) mass is 339 g/mol. The van der Waals surface area contributed by atoms with Gasteiger partial charge in [0.15, 0.2) is 5.82 Å². The summed E-state index contributed by atoms with van der Waals surface area (Å²) in [7, 11) is 0. The summed E-state index contributed by atoms with van der Waals surface area (Å²) in [5, 5.41) is 11.9. The topological polar surface area (TPSA) is 39.9 Å². The van der Waals surface area contributed by atoms with Crippen LogP contribution in [-0.2, 0) is 30.8 Å². The number of rotatable bonds is 4. The highest BCUT2D eigenvalue weighted by molar-refractivity contribution is 7.12. The van der Waals surface area contributed by atoms with Gasteiger partial charge in [0.2, 0.25) is 0 Å². The number of fused-ring (bicyclic) bond motifs is 3. The first-order chi connectivity index (χ1) is 11.8. The Hall–Kier alpha value is -1.98. The highest BCUT2D eigenvalue weighted by Crippen LogP contribution is 2.33. The minimum absolute atomic E-state index is 0.521.